The predicted molar refractivity (Wildman–Crippen MR) is 77.2 cm³/mol. The van der Waals surface area contributed by atoms with E-state index in [9.17, 15) is 4.79 Å². The Balaban J connectivity index is 1.99. The monoisotopic (exact) mass is 277 g/mol. The van der Waals surface area contributed by atoms with E-state index in [0.717, 1.165) is 17.9 Å². The fourth-order valence-electron chi connectivity index (χ4n) is 1.47. The molecule has 7 heteroatoms. The van der Waals surface area contributed by atoms with Crippen molar-refractivity contribution in [1.29, 1.82) is 0 Å². The quantitative estimate of drug-likeness (QED) is 0.565. The largest absolute Gasteiger partial charge is 0.383 e. The molecule has 0 fully saturated rings. The summed E-state index contributed by atoms with van der Waals surface area (Å²) in [5.41, 5.74) is 6.33. The van der Waals surface area contributed by atoms with Crippen LogP contribution in [0.4, 0.5) is 11.6 Å². The van der Waals surface area contributed by atoms with Crippen molar-refractivity contribution in [3.05, 3.63) is 40.3 Å². The number of hydrogen-bond donors (Lipinski definition) is 3. The van der Waals surface area contributed by atoms with Crippen molar-refractivity contribution >= 4 is 23.4 Å². The summed E-state index contributed by atoms with van der Waals surface area (Å²) in [7, 11) is 0. The fourth-order valence-corrected chi connectivity index (χ4v) is 2.29. The van der Waals surface area contributed by atoms with Gasteiger partial charge in [-0.05, 0) is 18.6 Å². The summed E-state index contributed by atoms with van der Waals surface area (Å²) in [6.07, 6.45) is 1.80. The molecule has 2 heterocycles. The van der Waals surface area contributed by atoms with Gasteiger partial charge in [0, 0.05) is 24.6 Å². The summed E-state index contributed by atoms with van der Waals surface area (Å²) < 4.78 is 0. The van der Waals surface area contributed by atoms with Crippen molar-refractivity contribution < 1.29 is 0 Å². The molecular weight excluding hydrogens is 262 g/mol. The van der Waals surface area contributed by atoms with Crippen LogP contribution in [0.3, 0.4) is 0 Å². The highest BCUT2D eigenvalue weighted by molar-refractivity contribution is 7.98. The maximum Gasteiger partial charge on any atom is 0.253 e. The first kappa shape index (κ1) is 13.4. The molecule has 100 valence electrons. The van der Waals surface area contributed by atoms with Gasteiger partial charge in [-0.2, -0.15) is 0 Å². The van der Waals surface area contributed by atoms with E-state index < -0.39 is 0 Å². The molecule has 2 aromatic heterocycles. The molecular formula is C12H15N5OS. The van der Waals surface area contributed by atoms with Crippen molar-refractivity contribution in [2.75, 3.05) is 17.6 Å². The molecule has 0 unspecified atom stereocenters. The number of nitrogens with one attached hydrogen (secondary N) is 2. The van der Waals surface area contributed by atoms with Crippen molar-refractivity contribution in [2.45, 2.75) is 17.8 Å². The molecule has 0 aliphatic rings. The zero-order chi connectivity index (χ0) is 13.7. The zero-order valence-corrected chi connectivity index (χ0v) is 11.3. The Bertz CT molecular complexity index is 596. The molecule has 6 nitrogen and oxygen atoms in total. The van der Waals surface area contributed by atoms with E-state index in [1.165, 1.54) is 17.8 Å². The van der Waals surface area contributed by atoms with Crippen LogP contribution in [-0.2, 0) is 5.75 Å². The van der Waals surface area contributed by atoms with E-state index in [0.29, 0.717) is 10.9 Å². The number of anilines is 2. The zero-order valence-electron chi connectivity index (χ0n) is 10.5. The number of nitrogens with zero attached hydrogens (tertiary/aromatic N) is 2. The normalized spacial score (nSPS) is 10.4. The maximum atomic E-state index is 11.2. The number of thioether (sulfide) groups is 1. The molecule has 0 amide bonds. The Kier molecular flexibility index (Phi) is 4.40. The maximum absolute atomic E-state index is 11.2. The molecule has 0 saturated heterocycles. The minimum absolute atomic E-state index is 0.229. The summed E-state index contributed by atoms with van der Waals surface area (Å²) in [6.45, 7) is 2.86. The van der Waals surface area contributed by atoms with Gasteiger partial charge >= 0.3 is 0 Å². The number of hydrogen-bond acceptors (Lipinski definition) is 6. The summed E-state index contributed by atoms with van der Waals surface area (Å²) in [5, 5.41) is 3.64. The van der Waals surface area contributed by atoms with Crippen LogP contribution in [-0.4, -0.2) is 21.5 Å². The van der Waals surface area contributed by atoms with Gasteiger partial charge in [0.25, 0.3) is 5.56 Å². The van der Waals surface area contributed by atoms with E-state index >= 15 is 0 Å². The van der Waals surface area contributed by atoms with Crippen LogP contribution in [0.25, 0.3) is 0 Å². The Morgan fingerprint density at radius 1 is 1.47 bits per heavy atom. The van der Waals surface area contributed by atoms with Crippen molar-refractivity contribution in [1.82, 2.24) is 15.0 Å². The highest BCUT2D eigenvalue weighted by Crippen LogP contribution is 2.18. The standard InChI is InChI=1S/C12H15N5OS/c1-2-14-10-4-3-8(6-15-10)7-19-12-16-9(13)5-11(18)17-12/h3-6H,2,7H2,1H3,(H,14,15)(H3,13,16,17,18). The van der Waals surface area contributed by atoms with E-state index in [1.54, 1.807) is 6.20 Å². The number of pyridine rings is 1. The van der Waals surface area contributed by atoms with Gasteiger partial charge in [0.1, 0.15) is 11.6 Å². The van der Waals surface area contributed by atoms with E-state index in [-0.39, 0.29) is 11.4 Å². The Morgan fingerprint density at radius 2 is 2.32 bits per heavy atom. The minimum atomic E-state index is -0.240. The Labute approximate surface area is 114 Å². The highest BCUT2D eigenvalue weighted by Gasteiger charge is 2.01. The number of rotatable bonds is 5. The van der Waals surface area contributed by atoms with Crippen molar-refractivity contribution in [2.24, 2.45) is 0 Å². The van der Waals surface area contributed by atoms with Gasteiger partial charge in [0.05, 0.1) is 0 Å². The van der Waals surface area contributed by atoms with Crippen LogP contribution >= 0.6 is 11.8 Å². The van der Waals surface area contributed by atoms with Gasteiger partial charge in [0.2, 0.25) is 0 Å². The van der Waals surface area contributed by atoms with Gasteiger partial charge in [0.15, 0.2) is 5.16 Å². The second-order valence-electron chi connectivity index (χ2n) is 3.85. The topological polar surface area (TPSA) is 96.7 Å². The molecule has 4 N–H and O–H groups in total. The minimum Gasteiger partial charge on any atom is -0.383 e. The first-order valence-electron chi connectivity index (χ1n) is 5.86. The molecule has 0 aromatic carbocycles. The van der Waals surface area contributed by atoms with Crippen LogP contribution < -0.4 is 16.6 Å². The number of aromatic nitrogens is 3. The van der Waals surface area contributed by atoms with E-state index in [1.807, 2.05) is 19.1 Å². The smallest absolute Gasteiger partial charge is 0.253 e. The first-order chi connectivity index (χ1) is 9.17. The molecule has 0 aliphatic carbocycles. The lowest BCUT2D eigenvalue weighted by Gasteiger charge is -2.04. The lowest BCUT2D eigenvalue weighted by atomic mass is 10.3. The van der Waals surface area contributed by atoms with Crippen LogP contribution in [0.15, 0.2) is 34.3 Å². The summed E-state index contributed by atoms with van der Waals surface area (Å²) in [4.78, 5) is 22.2. The van der Waals surface area contributed by atoms with Crippen LogP contribution in [0.1, 0.15) is 12.5 Å². The molecule has 19 heavy (non-hydrogen) atoms. The van der Waals surface area contributed by atoms with Crippen molar-refractivity contribution in [3.63, 3.8) is 0 Å². The second-order valence-corrected chi connectivity index (χ2v) is 4.81. The Morgan fingerprint density at radius 3 is 2.95 bits per heavy atom. The highest BCUT2D eigenvalue weighted by atomic mass is 32.2. The molecule has 0 spiro atoms. The van der Waals surface area contributed by atoms with Gasteiger partial charge < -0.3 is 16.0 Å². The molecule has 0 atom stereocenters. The molecule has 0 aliphatic heterocycles. The van der Waals surface area contributed by atoms with Gasteiger partial charge in [-0.3, -0.25) is 4.79 Å². The Hall–Kier alpha value is -2.02. The molecule has 0 saturated carbocycles. The van der Waals surface area contributed by atoms with Crippen LogP contribution in [0.5, 0.6) is 0 Å². The summed E-state index contributed by atoms with van der Waals surface area (Å²) >= 11 is 1.41. The van der Waals surface area contributed by atoms with Crippen LogP contribution in [0.2, 0.25) is 0 Å². The van der Waals surface area contributed by atoms with E-state index in [2.05, 4.69) is 20.3 Å². The number of nitrogen functional groups attached to an aromatic ring is 1. The van der Waals surface area contributed by atoms with Gasteiger partial charge in [-0.15, -0.1) is 0 Å². The molecule has 2 aromatic rings. The number of H-pyrrole nitrogens is 1. The van der Waals surface area contributed by atoms with E-state index in [4.69, 9.17) is 5.73 Å². The third-order valence-electron chi connectivity index (χ3n) is 2.30. The third kappa shape index (κ3) is 3.99. The fraction of sp³-hybridized carbons (Fsp3) is 0.250. The number of nitrogens with two attached hydrogens (primary N) is 1. The average molecular weight is 277 g/mol. The SMILES string of the molecule is CCNc1ccc(CSc2nc(N)cc(=O)[nH]2)cn1. The van der Waals surface area contributed by atoms with Gasteiger partial charge in [-0.1, -0.05) is 17.8 Å². The van der Waals surface area contributed by atoms with Gasteiger partial charge in [-0.25, -0.2) is 9.97 Å². The predicted octanol–water partition coefficient (Wildman–Crippen LogP) is 1.47. The van der Waals surface area contributed by atoms with Crippen LogP contribution in [0, 0.1) is 0 Å². The summed E-state index contributed by atoms with van der Waals surface area (Å²) in [5.74, 6) is 1.75. The molecule has 0 radical (unpaired) electrons. The van der Waals surface area contributed by atoms with Crippen molar-refractivity contribution in [3.8, 4) is 0 Å². The lowest BCUT2D eigenvalue weighted by Crippen LogP contribution is -2.09. The third-order valence-corrected chi connectivity index (χ3v) is 3.24. The second kappa shape index (κ2) is 6.24. The first-order valence-corrected chi connectivity index (χ1v) is 6.84. The number of aromatic amines is 1. The average Bonchev–Trinajstić information content (AvgIpc) is 2.37. The lowest BCUT2D eigenvalue weighted by molar-refractivity contribution is 0.944. The molecule has 0 bridgehead atoms. The molecule has 2 rings (SSSR count). The summed E-state index contributed by atoms with van der Waals surface area (Å²) in [6, 6.07) is 5.17.